The van der Waals surface area contributed by atoms with Crippen molar-refractivity contribution in [2.75, 3.05) is 19.7 Å². The summed E-state index contributed by atoms with van der Waals surface area (Å²) >= 11 is 0. The van der Waals surface area contributed by atoms with Gasteiger partial charge in [-0.2, -0.15) is 0 Å². The van der Waals surface area contributed by atoms with Crippen LogP contribution in [0.2, 0.25) is 0 Å². The Morgan fingerprint density at radius 1 is 1.25 bits per heavy atom. The minimum Gasteiger partial charge on any atom is -0.492 e. The molecule has 20 heavy (non-hydrogen) atoms. The smallest absolute Gasteiger partial charge is 0.135 e. The molecule has 1 atom stereocenters. The molecule has 110 valence electrons. The largest absolute Gasteiger partial charge is 0.492 e. The van der Waals surface area contributed by atoms with Gasteiger partial charge in [0, 0.05) is 32.0 Å². The van der Waals surface area contributed by atoms with Crippen molar-refractivity contribution in [3.05, 3.63) is 30.3 Å². The van der Waals surface area contributed by atoms with Crippen LogP contribution in [0.4, 0.5) is 0 Å². The van der Waals surface area contributed by atoms with Crippen molar-refractivity contribution in [3.63, 3.8) is 0 Å². The molecule has 1 aliphatic rings. The molecule has 3 heteroatoms. The molecule has 0 spiro atoms. The van der Waals surface area contributed by atoms with Crippen LogP contribution in [0, 0.1) is 5.41 Å². The highest BCUT2D eigenvalue weighted by Crippen LogP contribution is 2.30. The van der Waals surface area contributed by atoms with E-state index in [2.05, 4.69) is 25.7 Å². The van der Waals surface area contributed by atoms with Crippen LogP contribution in [0.15, 0.2) is 30.3 Å². The number of ketones is 1. The Labute approximate surface area is 121 Å². The van der Waals surface area contributed by atoms with E-state index in [-0.39, 0.29) is 5.41 Å². The molecule has 1 saturated heterocycles. The lowest BCUT2D eigenvalue weighted by atomic mass is 9.80. The first-order valence-electron chi connectivity index (χ1n) is 7.40. The Hall–Kier alpha value is -1.35. The third-order valence-electron chi connectivity index (χ3n) is 3.93. The number of para-hydroxylation sites is 1. The van der Waals surface area contributed by atoms with Crippen molar-refractivity contribution in [2.45, 2.75) is 39.7 Å². The fourth-order valence-electron chi connectivity index (χ4n) is 2.79. The highest BCUT2D eigenvalue weighted by Gasteiger charge is 2.35. The zero-order valence-electron chi connectivity index (χ0n) is 12.8. The number of hydrogen-bond donors (Lipinski definition) is 0. The van der Waals surface area contributed by atoms with Gasteiger partial charge in [0.25, 0.3) is 0 Å². The van der Waals surface area contributed by atoms with Gasteiger partial charge in [-0.05, 0) is 17.5 Å². The van der Waals surface area contributed by atoms with E-state index in [0.29, 0.717) is 31.3 Å². The molecule has 1 aromatic rings. The third-order valence-corrected chi connectivity index (χ3v) is 3.93. The van der Waals surface area contributed by atoms with Gasteiger partial charge in [0.15, 0.2) is 0 Å². The number of ether oxygens (including phenoxy) is 1. The van der Waals surface area contributed by atoms with Crippen LogP contribution in [0.5, 0.6) is 5.75 Å². The molecule has 0 radical (unpaired) electrons. The minimum atomic E-state index is 0.128. The highest BCUT2D eigenvalue weighted by atomic mass is 16.5. The number of carbonyl (C=O) groups excluding carboxylic acids is 1. The van der Waals surface area contributed by atoms with Crippen LogP contribution in [-0.2, 0) is 4.79 Å². The van der Waals surface area contributed by atoms with Gasteiger partial charge in [0.1, 0.15) is 18.1 Å². The zero-order valence-corrected chi connectivity index (χ0v) is 12.8. The summed E-state index contributed by atoms with van der Waals surface area (Å²) in [7, 11) is 0. The van der Waals surface area contributed by atoms with Gasteiger partial charge < -0.3 is 4.74 Å². The van der Waals surface area contributed by atoms with Gasteiger partial charge in [0.05, 0.1) is 0 Å². The Bertz CT molecular complexity index is 436. The van der Waals surface area contributed by atoms with E-state index in [0.717, 1.165) is 18.8 Å². The number of rotatable bonds is 4. The van der Waals surface area contributed by atoms with Gasteiger partial charge in [0.2, 0.25) is 0 Å². The second-order valence-corrected chi connectivity index (χ2v) is 6.57. The van der Waals surface area contributed by atoms with E-state index in [1.807, 2.05) is 30.3 Å². The van der Waals surface area contributed by atoms with E-state index in [1.54, 1.807) is 0 Å². The lowest BCUT2D eigenvalue weighted by Crippen LogP contribution is -2.50. The molecule has 2 rings (SSSR count). The number of benzene rings is 1. The van der Waals surface area contributed by atoms with Crippen LogP contribution < -0.4 is 4.74 Å². The molecule has 1 aliphatic heterocycles. The molecule has 0 aromatic heterocycles. The van der Waals surface area contributed by atoms with Gasteiger partial charge in [-0.15, -0.1) is 0 Å². The van der Waals surface area contributed by atoms with Crippen molar-refractivity contribution in [1.82, 2.24) is 4.90 Å². The van der Waals surface area contributed by atoms with Crippen LogP contribution >= 0.6 is 0 Å². The summed E-state index contributed by atoms with van der Waals surface area (Å²) in [6.07, 6.45) is 1.35. The summed E-state index contributed by atoms with van der Waals surface area (Å²) in [5.41, 5.74) is 0.128. The van der Waals surface area contributed by atoms with Crippen molar-refractivity contribution in [3.8, 4) is 5.75 Å². The predicted octanol–water partition coefficient (Wildman–Crippen LogP) is 3.15. The van der Waals surface area contributed by atoms with Gasteiger partial charge >= 0.3 is 0 Å². The van der Waals surface area contributed by atoms with Crippen molar-refractivity contribution >= 4 is 5.78 Å². The zero-order chi connectivity index (χ0) is 14.6. The number of likely N-dealkylation sites (tertiary alicyclic amines) is 1. The number of carbonyl (C=O) groups is 1. The number of hydrogen-bond acceptors (Lipinski definition) is 3. The van der Waals surface area contributed by atoms with Crippen LogP contribution in [0.25, 0.3) is 0 Å². The minimum absolute atomic E-state index is 0.128. The van der Waals surface area contributed by atoms with Crippen LogP contribution in [-0.4, -0.2) is 36.4 Å². The first-order valence-corrected chi connectivity index (χ1v) is 7.40. The Morgan fingerprint density at radius 2 is 1.95 bits per heavy atom. The molecule has 1 heterocycles. The summed E-state index contributed by atoms with van der Waals surface area (Å²) in [6, 6.07) is 10.2. The first-order chi connectivity index (χ1) is 9.47. The maximum atomic E-state index is 11.7. The van der Waals surface area contributed by atoms with E-state index >= 15 is 0 Å². The Kier molecular flexibility index (Phi) is 4.81. The molecule has 1 aromatic carbocycles. The molecular weight excluding hydrogens is 250 g/mol. The SMILES string of the molecule is CC(C)(C)C1CC(=O)CCN1CCOc1ccccc1. The topological polar surface area (TPSA) is 29.5 Å². The van der Waals surface area contributed by atoms with Gasteiger partial charge in [-0.1, -0.05) is 39.0 Å². The fraction of sp³-hybridized carbons (Fsp3) is 0.588. The Balaban J connectivity index is 1.88. The number of nitrogens with zero attached hydrogens (tertiary/aromatic N) is 1. The second kappa shape index (κ2) is 6.40. The molecular formula is C17H25NO2. The molecule has 0 N–H and O–H groups in total. The van der Waals surface area contributed by atoms with Crippen molar-refractivity contribution in [2.24, 2.45) is 5.41 Å². The summed E-state index contributed by atoms with van der Waals surface area (Å²) in [4.78, 5) is 14.1. The fourth-order valence-corrected chi connectivity index (χ4v) is 2.79. The highest BCUT2D eigenvalue weighted by molar-refractivity contribution is 5.80. The quantitative estimate of drug-likeness (QED) is 0.845. The maximum Gasteiger partial charge on any atom is 0.135 e. The summed E-state index contributed by atoms with van der Waals surface area (Å²) in [5.74, 6) is 1.30. The molecule has 1 fully saturated rings. The van der Waals surface area contributed by atoms with Crippen LogP contribution in [0.1, 0.15) is 33.6 Å². The Morgan fingerprint density at radius 3 is 2.60 bits per heavy atom. The standard InChI is InChI=1S/C17H25NO2/c1-17(2,3)16-13-14(19)9-10-18(16)11-12-20-15-7-5-4-6-8-15/h4-8,16H,9-13H2,1-3H3. The second-order valence-electron chi connectivity index (χ2n) is 6.57. The molecule has 0 bridgehead atoms. The van der Waals surface area contributed by atoms with Crippen LogP contribution in [0.3, 0.4) is 0 Å². The first kappa shape index (κ1) is 15.0. The average Bonchev–Trinajstić information content (AvgIpc) is 2.40. The van der Waals surface area contributed by atoms with Crippen molar-refractivity contribution in [1.29, 1.82) is 0 Å². The average molecular weight is 275 g/mol. The van der Waals surface area contributed by atoms with E-state index < -0.39 is 0 Å². The maximum absolute atomic E-state index is 11.7. The molecule has 0 saturated carbocycles. The lowest BCUT2D eigenvalue weighted by Gasteiger charge is -2.42. The monoisotopic (exact) mass is 275 g/mol. The lowest BCUT2D eigenvalue weighted by molar-refractivity contribution is -0.125. The predicted molar refractivity (Wildman–Crippen MR) is 81.0 cm³/mol. The summed E-state index contributed by atoms with van der Waals surface area (Å²) in [6.45, 7) is 9.04. The normalized spacial score (nSPS) is 20.9. The van der Waals surface area contributed by atoms with E-state index in [9.17, 15) is 4.79 Å². The van der Waals surface area contributed by atoms with Gasteiger partial charge in [-0.3, -0.25) is 9.69 Å². The van der Waals surface area contributed by atoms with E-state index in [1.165, 1.54) is 0 Å². The third kappa shape index (κ3) is 4.07. The summed E-state index contributed by atoms with van der Waals surface area (Å²) in [5, 5.41) is 0. The van der Waals surface area contributed by atoms with E-state index in [4.69, 9.17) is 4.74 Å². The van der Waals surface area contributed by atoms with Gasteiger partial charge in [-0.25, -0.2) is 0 Å². The molecule has 0 aliphatic carbocycles. The number of piperidine rings is 1. The molecule has 0 amide bonds. The number of Topliss-reactive ketones (excluding diaryl/α,β-unsaturated/α-hetero) is 1. The molecule has 1 unspecified atom stereocenters. The van der Waals surface area contributed by atoms with Crippen molar-refractivity contribution < 1.29 is 9.53 Å². The molecule has 3 nitrogen and oxygen atoms in total. The summed E-state index contributed by atoms with van der Waals surface area (Å²) < 4.78 is 5.77.